The number of aryl methyl sites for hydroxylation is 1. The molecule has 1 unspecified atom stereocenters. The van der Waals surface area contributed by atoms with Gasteiger partial charge in [-0.2, -0.15) is 0 Å². The quantitative estimate of drug-likeness (QED) is 0.701. The molecule has 0 bridgehead atoms. The second-order valence-electron chi connectivity index (χ2n) is 4.10. The second kappa shape index (κ2) is 8.64. The van der Waals surface area contributed by atoms with Crippen LogP contribution in [0.2, 0.25) is 0 Å². The van der Waals surface area contributed by atoms with Gasteiger partial charge >= 0.3 is 0 Å². The third-order valence-corrected chi connectivity index (χ3v) is 4.10. The van der Waals surface area contributed by atoms with Crippen LogP contribution in [0.1, 0.15) is 30.5 Å². The predicted molar refractivity (Wildman–Crippen MR) is 77.3 cm³/mol. The maximum Gasteiger partial charge on any atom is 0.173 e. The highest BCUT2D eigenvalue weighted by Crippen LogP contribution is 2.20. The van der Waals surface area contributed by atoms with Gasteiger partial charge in [-0.3, -0.25) is 0 Å². The van der Waals surface area contributed by atoms with Gasteiger partial charge in [-0.25, -0.2) is 0 Å². The summed E-state index contributed by atoms with van der Waals surface area (Å²) in [6.45, 7) is 7.54. The molecule has 0 aliphatic heterocycles. The topological polar surface area (TPSA) is 30.5 Å². The van der Waals surface area contributed by atoms with Gasteiger partial charge in [-0.1, -0.05) is 6.92 Å². The maximum atomic E-state index is 5.66. The Morgan fingerprint density at radius 2 is 1.72 bits per heavy atom. The number of nitrogens with one attached hydrogen (secondary N) is 1. The van der Waals surface area contributed by atoms with Crippen LogP contribution in [0.15, 0.2) is 12.1 Å². The first-order chi connectivity index (χ1) is 8.74. The van der Waals surface area contributed by atoms with E-state index in [0.717, 1.165) is 12.8 Å². The van der Waals surface area contributed by atoms with Gasteiger partial charge in [0.05, 0.1) is 6.04 Å². The molecule has 0 radical (unpaired) electrons. The summed E-state index contributed by atoms with van der Waals surface area (Å²) in [5, 5.41) is 3.30. The number of hydrogen-bond donors (Lipinski definition) is 1. The molecule has 0 aliphatic carbocycles. The fourth-order valence-electron chi connectivity index (χ4n) is 1.88. The fourth-order valence-corrected chi connectivity index (χ4v) is 2.90. The molecule has 0 saturated carbocycles. The Bertz CT molecular complexity index is 321. The van der Waals surface area contributed by atoms with Crippen LogP contribution in [0.25, 0.3) is 0 Å². The first-order valence-corrected chi connectivity index (χ1v) is 7.54. The van der Waals surface area contributed by atoms with Crippen LogP contribution in [0.5, 0.6) is 0 Å². The Kier molecular flexibility index (Phi) is 7.51. The summed E-state index contributed by atoms with van der Waals surface area (Å²) in [5.41, 5.74) is 0. The van der Waals surface area contributed by atoms with Crippen molar-refractivity contribution in [2.75, 3.05) is 20.3 Å². The molecule has 1 aromatic heterocycles. The molecule has 104 valence electrons. The third-order valence-electron chi connectivity index (χ3n) is 2.85. The average molecular weight is 271 g/mol. The first kappa shape index (κ1) is 15.6. The molecule has 18 heavy (non-hydrogen) atoms. The summed E-state index contributed by atoms with van der Waals surface area (Å²) in [7, 11) is 1.96. The van der Waals surface area contributed by atoms with E-state index >= 15 is 0 Å². The third kappa shape index (κ3) is 4.69. The van der Waals surface area contributed by atoms with E-state index in [9.17, 15) is 0 Å². The fraction of sp³-hybridized carbons (Fsp3) is 0.714. The van der Waals surface area contributed by atoms with Crippen molar-refractivity contribution in [2.45, 2.75) is 45.9 Å². The first-order valence-electron chi connectivity index (χ1n) is 6.73. The lowest BCUT2D eigenvalue weighted by atomic mass is 10.1. The van der Waals surface area contributed by atoms with E-state index in [0.29, 0.717) is 13.2 Å². The van der Waals surface area contributed by atoms with Crippen LogP contribution < -0.4 is 5.32 Å². The minimum atomic E-state index is -0.169. The molecule has 1 N–H and O–H groups in total. The Labute approximate surface area is 114 Å². The van der Waals surface area contributed by atoms with Crippen LogP contribution in [-0.2, 0) is 22.3 Å². The minimum absolute atomic E-state index is 0.169. The summed E-state index contributed by atoms with van der Waals surface area (Å²) < 4.78 is 11.3. The maximum absolute atomic E-state index is 5.66. The molecule has 0 aromatic carbocycles. The summed E-state index contributed by atoms with van der Waals surface area (Å²) in [6.07, 6.45) is 1.89. The Balaban J connectivity index is 2.62. The van der Waals surface area contributed by atoms with Crippen molar-refractivity contribution in [3.05, 3.63) is 21.9 Å². The molecule has 3 nitrogen and oxygen atoms in total. The van der Waals surface area contributed by atoms with Gasteiger partial charge in [0.15, 0.2) is 6.29 Å². The average Bonchev–Trinajstić information content (AvgIpc) is 2.83. The molecule has 1 aromatic rings. The van der Waals surface area contributed by atoms with Gasteiger partial charge in [0.25, 0.3) is 0 Å². The van der Waals surface area contributed by atoms with Crippen molar-refractivity contribution < 1.29 is 9.47 Å². The van der Waals surface area contributed by atoms with E-state index in [1.54, 1.807) is 0 Å². The van der Waals surface area contributed by atoms with Crippen molar-refractivity contribution in [2.24, 2.45) is 0 Å². The lowest BCUT2D eigenvalue weighted by molar-refractivity contribution is -0.152. The largest absolute Gasteiger partial charge is 0.351 e. The zero-order valence-electron chi connectivity index (χ0n) is 11.9. The highest BCUT2D eigenvalue weighted by molar-refractivity contribution is 7.11. The monoisotopic (exact) mass is 271 g/mol. The van der Waals surface area contributed by atoms with Crippen LogP contribution in [-0.4, -0.2) is 32.6 Å². The van der Waals surface area contributed by atoms with Gasteiger partial charge in [-0.15, -0.1) is 11.3 Å². The van der Waals surface area contributed by atoms with Crippen LogP contribution in [0.4, 0.5) is 0 Å². The second-order valence-corrected chi connectivity index (χ2v) is 5.35. The summed E-state index contributed by atoms with van der Waals surface area (Å²) >= 11 is 1.88. The smallest absolute Gasteiger partial charge is 0.173 e. The molecule has 1 atom stereocenters. The lowest BCUT2D eigenvalue weighted by Gasteiger charge is -2.26. The number of likely N-dealkylation sites (N-methyl/N-ethyl adjacent to an activating group) is 1. The van der Waals surface area contributed by atoms with Gasteiger partial charge in [0, 0.05) is 29.4 Å². The van der Waals surface area contributed by atoms with E-state index in [-0.39, 0.29) is 12.3 Å². The lowest BCUT2D eigenvalue weighted by Crippen LogP contribution is -2.42. The molecule has 4 heteroatoms. The molecule has 0 aliphatic rings. The van der Waals surface area contributed by atoms with Crippen molar-refractivity contribution >= 4 is 11.3 Å². The van der Waals surface area contributed by atoms with Crippen molar-refractivity contribution in [1.29, 1.82) is 0 Å². The molecule has 1 heterocycles. The zero-order chi connectivity index (χ0) is 13.4. The van der Waals surface area contributed by atoms with E-state index in [2.05, 4.69) is 24.4 Å². The summed E-state index contributed by atoms with van der Waals surface area (Å²) in [6, 6.07) is 4.62. The predicted octanol–water partition coefficient (Wildman–Crippen LogP) is 2.84. The normalized spacial score (nSPS) is 13.2. The van der Waals surface area contributed by atoms with E-state index in [1.165, 1.54) is 9.75 Å². The molecule has 0 amide bonds. The Morgan fingerprint density at radius 1 is 1.11 bits per heavy atom. The molecule has 0 saturated heterocycles. The Morgan fingerprint density at radius 3 is 2.17 bits per heavy atom. The number of hydrogen-bond acceptors (Lipinski definition) is 4. The van der Waals surface area contributed by atoms with Gasteiger partial charge in [-0.05, 0) is 39.4 Å². The van der Waals surface area contributed by atoms with E-state index in [4.69, 9.17) is 9.47 Å². The zero-order valence-corrected chi connectivity index (χ0v) is 12.7. The van der Waals surface area contributed by atoms with Gasteiger partial charge in [0.2, 0.25) is 0 Å². The van der Waals surface area contributed by atoms with Crippen LogP contribution in [0.3, 0.4) is 0 Å². The minimum Gasteiger partial charge on any atom is -0.351 e. The Hall–Kier alpha value is -0.420. The van der Waals surface area contributed by atoms with Gasteiger partial charge < -0.3 is 14.8 Å². The standard InChI is InChI=1S/C14H25NO2S/c1-5-11-8-9-12(18-11)10-13(15-4)14(16-6-2)17-7-3/h8-9,13-15H,5-7,10H2,1-4H3. The number of rotatable bonds is 9. The molecule has 0 fully saturated rings. The van der Waals surface area contributed by atoms with Crippen LogP contribution >= 0.6 is 11.3 Å². The SMILES string of the molecule is CCOC(OCC)C(Cc1ccc(CC)s1)NC. The highest BCUT2D eigenvalue weighted by Gasteiger charge is 2.21. The van der Waals surface area contributed by atoms with Gasteiger partial charge in [0.1, 0.15) is 0 Å². The number of thiophene rings is 1. The van der Waals surface area contributed by atoms with Crippen molar-refractivity contribution in [1.82, 2.24) is 5.32 Å². The van der Waals surface area contributed by atoms with E-state index < -0.39 is 0 Å². The highest BCUT2D eigenvalue weighted by atomic mass is 32.1. The molecular formula is C14H25NO2S. The molecule has 1 rings (SSSR count). The molecular weight excluding hydrogens is 246 g/mol. The summed E-state index contributed by atoms with van der Waals surface area (Å²) in [5.74, 6) is 0. The van der Waals surface area contributed by atoms with Crippen LogP contribution in [0, 0.1) is 0 Å². The number of ether oxygens (including phenoxy) is 2. The van der Waals surface area contributed by atoms with Crippen molar-refractivity contribution in [3.63, 3.8) is 0 Å². The van der Waals surface area contributed by atoms with Crippen molar-refractivity contribution in [3.8, 4) is 0 Å². The summed E-state index contributed by atoms with van der Waals surface area (Å²) in [4.78, 5) is 2.82. The molecule has 0 spiro atoms. The van der Waals surface area contributed by atoms with E-state index in [1.807, 2.05) is 32.2 Å².